The molecule has 0 aliphatic carbocycles. The van der Waals surface area contributed by atoms with Crippen LogP contribution in [0.4, 0.5) is 0 Å². The lowest BCUT2D eigenvalue weighted by molar-refractivity contribution is -0.140. The van der Waals surface area contributed by atoms with E-state index in [9.17, 15) is 14.4 Å². The topological polar surface area (TPSA) is 135 Å². The number of primary amides is 1. The highest BCUT2D eigenvalue weighted by Crippen LogP contribution is 2.25. The van der Waals surface area contributed by atoms with Gasteiger partial charge in [0.05, 0.1) is 12.1 Å². The van der Waals surface area contributed by atoms with Crippen molar-refractivity contribution in [3.8, 4) is 0 Å². The smallest absolute Gasteiger partial charge is 0.326 e. The molecule has 0 aliphatic heterocycles. The maximum Gasteiger partial charge on any atom is 0.326 e. The van der Waals surface area contributed by atoms with Crippen LogP contribution < -0.4 is 11.1 Å². The van der Waals surface area contributed by atoms with Crippen LogP contribution in [-0.4, -0.2) is 38.5 Å². The molecule has 1 unspecified atom stereocenters. The van der Waals surface area contributed by atoms with Crippen molar-refractivity contribution in [2.75, 3.05) is 0 Å². The maximum absolute atomic E-state index is 12.1. The molecule has 0 fully saturated rings. The van der Waals surface area contributed by atoms with Crippen LogP contribution in [0.15, 0.2) is 0 Å². The van der Waals surface area contributed by atoms with E-state index < -0.39 is 35.7 Å². The van der Waals surface area contributed by atoms with E-state index in [4.69, 9.17) is 10.8 Å². The Morgan fingerprint density at radius 1 is 1.40 bits per heavy atom. The third-order valence-corrected chi connectivity index (χ3v) is 3.14. The van der Waals surface area contributed by atoms with Crippen molar-refractivity contribution in [1.29, 1.82) is 0 Å². The molecular weight excluding hydrogens is 284 g/mol. The summed E-state index contributed by atoms with van der Waals surface area (Å²) in [6, 6.07) is -1.37. The maximum atomic E-state index is 12.1. The quantitative estimate of drug-likeness (QED) is 0.694. The van der Waals surface area contributed by atoms with Crippen LogP contribution in [0.25, 0.3) is 0 Å². The second kappa shape index (κ2) is 5.95. The number of carboxylic acids is 1. The summed E-state index contributed by atoms with van der Waals surface area (Å²) in [4.78, 5) is 34.1. The molecule has 0 aromatic carbocycles. The highest BCUT2D eigenvalue weighted by Gasteiger charge is 2.29. The SMILES string of the molecule is CC(C)(C)c1nnsc1C(=O)NC(CC(N)=O)C(=O)O. The number of hydrogen-bond donors (Lipinski definition) is 3. The van der Waals surface area contributed by atoms with Gasteiger partial charge in [-0.1, -0.05) is 25.3 Å². The molecule has 0 saturated heterocycles. The molecule has 110 valence electrons. The Labute approximate surface area is 119 Å². The Morgan fingerprint density at radius 2 is 2.00 bits per heavy atom. The lowest BCUT2D eigenvalue weighted by atomic mass is 9.91. The summed E-state index contributed by atoms with van der Waals surface area (Å²) in [5, 5.41) is 15.1. The van der Waals surface area contributed by atoms with E-state index in [1.54, 1.807) is 0 Å². The highest BCUT2D eigenvalue weighted by atomic mass is 32.1. The van der Waals surface area contributed by atoms with Crippen molar-refractivity contribution in [2.45, 2.75) is 38.6 Å². The summed E-state index contributed by atoms with van der Waals surface area (Å²) in [6.07, 6.45) is -0.474. The summed E-state index contributed by atoms with van der Waals surface area (Å²) in [6.45, 7) is 5.58. The van der Waals surface area contributed by atoms with Gasteiger partial charge in [0.2, 0.25) is 5.91 Å². The van der Waals surface area contributed by atoms with Crippen LogP contribution in [0.3, 0.4) is 0 Å². The van der Waals surface area contributed by atoms with Gasteiger partial charge in [-0.05, 0) is 11.5 Å². The molecule has 0 aliphatic rings. The van der Waals surface area contributed by atoms with Gasteiger partial charge in [0.1, 0.15) is 10.9 Å². The molecule has 0 spiro atoms. The van der Waals surface area contributed by atoms with Gasteiger partial charge in [0, 0.05) is 5.41 Å². The molecule has 2 amide bonds. The van der Waals surface area contributed by atoms with E-state index in [-0.39, 0.29) is 4.88 Å². The van der Waals surface area contributed by atoms with Crippen molar-refractivity contribution in [1.82, 2.24) is 14.9 Å². The Balaban J connectivity index is 2.93. The first kappa shape index (κ1) is 16.0. The zero-order valence-corrected chi connectivity index (χ0v) is 12.2. The van der Waals surface area contributed by atoms with Crippen molar-refractivity contribution < 1.29 is 19.5 Å². The molecule has 9 heteroatoms. The first-order chi connectivity index (χ1) is 9.12. The van der Waals surface area contributed by atoms with Gasteiger partial charge in [-0.25, -0.2) is 4.79 Å². The van der Waals surface area contributed by atoms with Crippen LogP contribution in [0.1, 0.15) is 42.6 Å². The number of aromatic nitrogens is 2. The molecular formula is C11H16N4O4S. The first-order valence-electron chi connectivity index (χ1n) is 5.77. The number of amides is 2. The molecule has 0 saturated carbocycles. The van der Waals surface area contributed by atoms with E-state index >= 15 is 0 Å². The third-order valence-electron chi connectivity index (χ3n) is 2.41. The van der Waals surface area contributed by atoms with Crippen molar-refractivity contribution in [3.05, 3.63) is 10.6 Å². The lowest BCUT2D eigenvalue weighted by Gasteiger charge is -2.17. The molecule has 0 bridgehead atoms. The van der Waals surface area contributed by atoms with Crippen molar-refractivity contribution in [3.63, 3.8) is 0 Å². The Morgan fingerprint density at radius 3 is 2.45 bits per heavy atom. The zero-order chi connectivity index (χ0) is 15.5. The minimum atomic E-state index is -1.37. The standard InChI is InChI=1S/C11H16N4O4S/c1-11(2,3)8-7(20-15-14-8)9(17)13-5(10(18)19)4-6(12)16/h5H,4H2,1-3H3,(H2,12,16)(H,13,17)(H,18,19). The largest absolute Gasteiger partial charge is 0.480 e. The lowest BCUT2D eigenvalue weighted by Crippen LogP contribution is -2.43. The van der Waals surface area contributed by atoms with Crippen LogP contribution >= 0.6 is 11.5 Å². The highest BCUT2D eigenvalue weighted by molar-refractivity contribution is 7.08. The fraction of sp³-hybridized carbons (Fsp3) is 0.545. The van der Waals surface area contributed by atoms with E-state index in [0.29, 0.717) is 5.69 Å². The summed E-state index contributed by atoms with van der Waals surface area (Å²) in [5.41, 5.74) is 5.02. The number of rotatable bonds is 5. The average molecular weight is 300 g/mol. The molecule has 4 N–H and O–H groups in total. The number of nitrogens with one attached hydrogen (secondary N) is 1. The molecule has 1 aromatic heterocycles. The number of carbonyl (C=O) groups is 3. The van der Waals surface area contributed by atoms with E-state index in [1.807, 2.05) is 20.8 Å². The van der Waals surface area contributed by atoms with Gasteiger partial charge in [0.25, 0.3) is 5.91 Å². The number of aliphatic carboxylic acids is 1. The Bertz CT molecular complexity index is 535. The number of carbonyl (C=O) groups excluding carboxylic acids is 2. The monoisotopic (exact) mass is 300 g/mol. The van der Waals surface area contributed by atoms with Gasteiger partial charge in [-0.15, -0.1) is 5.10 Å². The summed E-state index contributed by atoms with van der Waals surface area (Å²) in [5.74, 6) is -2.76. The number of carboxylic acid groups (broad SMARTS) is 1. The first-order valence-corrected chi connectivity index (χ1v) is 6.55. The Hall–Kier alpha value is -2.03. The molecule has 0 radical (unpaired) electrons. The molecule has 8 nitrogen and oxygen atoms in total. The number of hydrogen-bond acceptors (Lipinski definition) is 6. The number of nitrogens with zero attached hydrogens (tertiary/aromatic N) is 2. The summed E-state index contributed by atoms with van der Waals surface area (Å²) in [7, 11) is 0. The number of nitrogens with two attached hydrogens (primary N) is 1. The zero-order valence-electron chi connectivity index (χ0n) is 11.3. The minimum Gasteiger partial charge on any atom is -0.480 e. The van der Waals surface area contributed by atoms with Gasteiger partial charge in [-0.3, -0.25) is 9.59 Å². The van der Waals surface area contributed by atoms with E-state index in [0.717, 1.165) is 11.5 Å². The predicted molar refractivity (Wildman–Crippen MR) is 71.3 cm³/mol. The molecule has 20 heavy (non-hydrogen) atoms. The normalized spacial score (nSPS) is 12.8. The van der Waals surface area contributed by atoms with Gasteiger partial charge in [-0.2, -0.15) is 0 Å². The van der Waals surface area contributed by atoms with E-state index in [2.05, 4.69) is 14.9 Å². The minimum absolute atomic E-state index is 0.230. The van der Waals surface area contributed by atoms with Crippen LogP contribution in [0.5, 0.6) is 0 Å². The van der Waals surface area contributed by atoms with E-state index in [1.165, 1.54) is 0 Å². The Kier molecular flexibility index (Phi) is 4.77. The summed E-state index contributed by atoms with van der Waals surface area (Å²) < 4.78 is 3.71. The fourth-order valence-electron chi connectivity index (χ4n) is 1.46. The van der Waals surface area contributed by atoms with Gasteiger partial charge in [0.15, 0.2) is 0 Å². The second-order valence-electron chi connectivity index (χ2n) is 5.24. The van der Waals surface area contributed by atoms with Gasteiger partial charge < -0.3 is 16.2 Å². The van der Waals surface area contributed by atoms with Gasteiger partial charge >= 0.3 is 5.97 Å². The summed E-state index contributed by atoms with van der Waals surface area (Å²) >= 11 is 0.875. The average Bonchev–Trinajstić information content (AvgIpc) is 2.75. The molecule has 1 atom stereocenters. The van der Waals surface area contributed by atoms with Crippen LogP contribution in [0, 0.1) is 0 Å². The third kappa shape index (κ3) is 3.98. The second-order valence-corrected chi connectivity index (χ2v) is 5.99. The van der Waals surface area contributed by atoms with Crippen molar-refractivity contribution >= 4 is 29.3 Å². The van der Waals surface area contributed by atoms with Crippen LogP contribution in [-0.2, 0) is 15.0 Å². The fourth-order valence-corrected chi connectivity index (χ4v) is 2.23. The molecule has 1 heterocycles. The predicted octanol–water partition coefficient (Wildman–Crippen LogP) is -0.106. The molecule has 1 aromatic rings. The molecule has 1 rings (SSSR count). The van der Waals surface area contributed by atoms with Crippen molar-refractivity contribution in [2.24, 2.45) is 5.73 Å². The van der Waals surface area contributed by atoms with Crippen LogP contribution in [0.2, 0.25) is 0 Å².